The van der Waals surface area contributed by atoms with Crippen LogP contribution in [0.1, 0.15) is 168 Å². The number of unbranched alkanes of at least 4 members (excludes halogenated alkanes) is 17. The fourth-order valence-electron chi connectivity index (χ4n) is 5.32. The van der Waals surface area contributed by atoms with Crippen molar-refractivity contribution in [1.82, 2.24) is 0 Å². The Kier molecular flexibility index (Phi) is 33.8. The van der Waals surface area contributed by atoms with Gasteiger partial charge in [-0.3, -0.25) is 18.6 Å². The van der Waals surface area contributed by atoms with Gasteiger partial charge in [-0.2, -0.15) is 0 Å². The summed E-state index contributed by atoms with van der Waals surface area (Å²) in [5.41, 5.74) is 0. The van der Waals surface area contributed by atoms with Crippen LogP contribution in [-0.2, 0) is 32.7 Å². The smallest absolute Gasteiger partial charge is 0.462 e. The highest BCUT2D eigenvalue weighted by molar-refractivity contribution is 7.47. The monoisotopic (exact) mass is 757 g/mol. The largest absolute Gasteiger partial charge is 0.472 e. The van der Waals surface area contributed by atoms with Crippen molar-refractivity contribution in [2.75, 3.05) is 47.5 Å². The Labute approximate surface area is 319 Å². The molecular weight excluding hydrogens is 677 g/mol. The van der Waals surface area contributed by atoms with Crippen molar-refractivity contribution < 1.29 is 42.1 Å². The van der Waals surface area contributed by atoms with E-state index in [0.29, 0.717) is 17.4 Å². The lowest BCUT2D eigenvalue weighted by molar-refractivity contribution is -0.870. The van der Waals surface area contributed by atoms with E-state index >= 15 is 0 Å². The number of hydrogen-bond acceptors (Lipinski definition) is 7. The zero-order valence-electron chi connectivity index (χ0n) is 34.0. The summed E-state index contributed by atoms with van der Waals surface area (Å²) in [6.07, 6.45) is 37.6. The van der Waals surface area contributed by atoms with Gasteiger partial charge in [-0.25, -0.2) is 4.57 Å². The van der Waals surface area contributed by atoms with Crippen molar-refractivity contribution in [3.8, 4) is 0 Å². The quantitative estimate of drug-likeness (QED) is 0.0219. The van der Waals surface area contributed by atoms with Gasteiger partial charge in [0.15, 0.2) is 6.10 Å². The van der Waals surface area contributed by atoms with E-state index in [4.69, 9.17) is 18.5 Å². The van der Waals surface area contributed by atoms with Crippen LogP contribution >= 0.6 is 7.82 Å². The highest BCUT2D eigenvalue weighted by atomic mass is 31.2. The maximum Gasteiger partial charge on any atom is 0.472 e. The molecule has 2 atom stereocenters. The van der Waals surface area contributed by atoms with Gasteiger partial charge in [-0.15, -0.1) is 0 Å². The van der Waals surface area contributed by atoms with E-state index in [2.05, 4.69) is 50.3 Å². The number of nitrogens with zero attached hydrogens (tertiary/aromatic N) is 1. The van der Waals surface area contributed by atoms with Crippen molar-refractivity contribution in [3.05, 3.63) is 36.5 Å². The lowest BCUT2D eigenvalue weighted by Crippen LogP contribution is -2.37. The summed E-state index contributed by atoms with van der Waals surface area (Å²) in [6.45, 7) is 4.33. The molecule has 0 radical (unpaired) electrons. The number of hydrogen-bond donors (Lipinski definition) is 1. The highest BCUT2D eigenvalue weighted by Gasteiger charge is 2.27. The molecule has 0 bridgehead atoms. The molecule has 0 aliphatic carbocycles. The highest BCUT2D eigenvalue weighted by Crippen LogP contribution is 2.43. The van der Waals surface area contributed by atoms with E-state index in [9.17, 15) is 19.0 Å². The van der Waals surface area contributed by atoms with E-state index in [1.54, 1.807) is 0 Å². The first-order valence-corrected chi connectivity index (χ1v) is 22.2. The molecule has 0 amide bonds. The molecule has 0 heterocycles. The van der Waals surface area contributed by atoms with Crippen molar-refractivity contribution in [2.24, 2.45) is 0 Å². The maximum atomic E-state index is 12.6. The molecule has 10 heteroatoms. The van der Waals surface area contributed by atoms with Crippen LogP contribution in [0.3, 0.4) is 0 Å². The Morgan fingerprint density at radius 2 is 1.06 bits per heavy atom. The van der Waals surface area contributed by atoms with Crippen LogP contribution in [0.5, 0.6) is 0 Å². The summed E-state index contributed by atoms with van der Waals surface area (Å²) in [4.78, 5) is 35.3. The second-order valence-electron chi connectivity index (χ2n) is 15.0. The van der Waals surface area contributed by atoms with Gasteiger partial charge in [-0.05, 0) is 64.2 Å². The van der Waals surface area contributed by atoms with Crippen molar-refractivity contribution >= 4 is 19.8 Å². The Morgan fingerprint density at radius 3 is 1.60 bits per heavy atom. The number of likely N-dealkylation sites (N-methyl/N-ethyl adjacent to an activating group) is 1. The normalized spacial score (nSPS) is 14.0. The van der Waals surface area contributed by atoms with Gasteiger partial charge in [0.1, 0.15) is 19.8 Å². The number of carbonyl (C=O) groups is 2. The summed E-state index contributed by atoms with van der Waals surface area (Å²) >= 11 is 0. The Morgan fingerprint density at radius 1 is 0.596 bits per heavy atom. The standard InChI is InChI=1S/C42H78NO8P/c1-6-8-10-12-14-16-18-20-22-24-26-28-30-32-34-41(44)48-38-40(39-50-52(46,47)49-37-36-43(3,4)5)51-42(45)35-33-31-29-27-25-23-21-19-17-15-13-11-9-7-2/h13,15,18-21,40H,6-12,14,16-17,22-39H2,1-5H3/p+1/b15-13-,20-18-,21-19-/t40-/m1/s1. The third-order valence-corrected chi connectivity index (χ3v) is 9.63. The molecule has 0 saturated carbocycles. The first-order valence-electron chi connectivity index (χ1n) is 20.7. The number of quaternary nitrogens is 1. The van der Waals surface area contributed by atoms with Crippen LogP contribution in [0.25, 0.3) is 0 Å². The minimum atomic E-state index is -4.37. The molecule has 0 aliphatic heterocycles. The zero-order valence-corrected chi connectivity index (χ0v) is 34.9. The fraction of sp³-hybridized carbons (Fsp3) is 0.810. The first kappa shape index (κ1) is 50.2. The summed E-state index contributed by atoms with van der Waals surface area (Å²) in [6, 6.07) is 0. The summed E-state index contributed by atoms with van der Waals surface area (Å²) in [7, 11) is 1.46. The van der Waals surface area contributed by atoms with Crippen molar-refractivity contribution in [1.29, 1.82) is 0 Å². The minimum Gasteiger partial charge on any atom is -0.462 e. The van der Waals surface area contributed by atoms with Gasteiger partial charge >= 0.3 is 19.8 Å². The zero-order chi connectivity index (χ0) is 38.6. The van der Waals surface area contributed by atoms with Gasteiger partial charge in [0.05, 0.1) is 27.7 Å². The van der Waals surface area contributed by atoms with Crippen molar-refractivity contribution in [2.45, 2.75) is 174 Å². The molecule has 0 rings (SSSR count). The molecule has 0 aromatic heterocycles. The Hall–Kier alpha value is -1.77. The van der Waals surface area contributed by atoms with E-state index in [-0.39, 0.29) is 32.0 Å². The molecule has 0 aromatic rings. The summed E-state index contributed by atoms with van der Waals surface area (Å²) in [5.74, 6) is -0.826. The van der Waals surface area contributed by atoms with Gasteiger partial charge < -0.3 is 18.9 Å². The van der Waals surface area contributed by atoms with Gasteiger partial charge in [0.25, 0.3) is 0 Å². The van der Waals surface area contributed by atoms with Gasteiger partial charge in [-0.1, -0.05) is 127 Å². The molecular formula is C42H79NO8P+. The molecule has 0 aliphatic rings. The number of allylic oxidation sites excluding steroid dienone is 6. The van der Waals surface area contributed by atoms with E-state index in [1.807, 2.05) is 21.1 Å². The number of esters is 2. The van der Waals surface area contributed by atoms with Crippen LogP contribution in [0, 0.1) is 0 Å². The van der Waals surface area contributed by atoms with Crippen molar-refractivity contribution in [3.63, 3.8) is 0 Å². The van der Waals surface area contributed by atoms with Gasteiger partial charge in [0.2, 0.25) is 0 Å². The lowest BCUT2D eigenvalue weighted by Gasteiger charge is -2.24. The molecule has 0 fully saturated rings. The molecule has 1 unspecified atom stereocenters. The number of phosphoric acid groups is 1. The third-order valence-electron chi connectivity index (χ3n) is 8.64. The molecule has 9 nitrogen and oxygen atoms in total. The first-order chi connectivity index (χ1) is 25.0. The molecule has 304 valence electrons. The van der Waals surface area contributed by atoms with Crippen LogP contribution in [-0.4, -0.2) is 74.9 Å². The Balaban J connectivity index is 4.44. The predicted molar refractivity (Wildman–Crippen MR) is 215 cm³/mol. The van der Waals surface area contributed by atoms with Gasteiger partial charge in [0, 0.05) is 12.8 Å². The lowest BCUT2D eigenvalue weighted by atomic mass is 10.1. The third kappa shape index (κ3) is 38.0. The van der Waals surface area contributed by atoms with E-state index in [1.165, 1.54) is 51.4 Å². The van der Waals surface area contributed by atoms with Crippen LogP contribution in [0.15, 0.2) is 36.5 Å². The molecule has 0 saturated heterocycles. The molecule has 0 spiro atoms. The average molecular weight is 757 g/mol. The SMILES string of the molecule is CCCC/C=C\C/C=C\CCCCCCCC(=O)O[C@H](COC(=O)CCCCCCC/C=C\CCCCCCC)COP(=O)(O)OCC[N+](C)(C)C. The topological polar surface area (TPSA) is 108 Å². The second kappa shape index (κ2) is 35.0. The van der Waals surface area contributed by atoms with Crippen LogP contribution in [0.4, 0.5) is 0 Å². The summed E-state index contributed by atoms with van der Waals surface area (Å²) < 4.78 is 34.2. The number of carbonyl (C=O) groups excluding carboxylic acids is 2. The second-order valence-corrected chi connectivity index (χ2v) is 16.5. The average Bonchev–Trinajstić information content (AvgIpc) is 3.09. The van der Waals surface area contributed by atoms with E-state index < -0.39 is 26.5 Å². The maximum absolute atomic E-state index is 12.6. The fourth-order valence-corrected chi connectivity index (χ4v) is 6.06. The number of ether oxygens (including phenoxy) is 2. The number of rotatable bonds is 37. The predicted octanol–water partition coefficient (Wildman–Crippen LogP) is 11.4. The van der Waals surface area contributed by atoms with Crippen LogP contribution in [0.2, 0.25) is 0 Å². The molecule has 0 aromatic carbocycles. The number of phosphoric ester groups is 1. The van der Waals surface area contributed by atoms with E-state index in [0.717, 1.165) is 83.5 Å². The Bertz CT molecular complexity index is 991. The van der Waals surface area contributed by atoms with Crippen LogP contribution < -0.4 is 0 Å². The minimum absolute atomic E-state index is 0.0272. The molecule has 1 N–H and O–H groups in total. The molecule has 52 heavy (non-hydrogen) atoms. The summed E-state index contributed by atoms with van der Waals surface area (Å²) in [5, 5.41) is 0.